The van der Waals surface area contributed by atoms with Crippen LogP contribution < -0.4 is 5.32 Å². The summed E-state index contributed by atoms with van der Waals surface area (Å²) < 4.78 is 6.32. The number of likely N-dealkylation sites (tertiary alicyclic amines) is 1. The van der Waals surface area contributed by atoms with E-state index in [-0.39, 0.29) is 5.91 Å². The first kappa shape index (κ1) is 36.1. The Morgan fingerprint density at radius 3 is 2.41 bits per heavy atom. The number of benzene rings is 2. The third-order valence-corrected chi connectivity index (χ3v) is 9.59. The zero-order chi connectivity index (χ0) is 31.9. The highest BCUT2D eigenvalue weighted by Gasteiger charge is 2.32. The number of ether oxygens (including phenoxy) is 1. The summed E-state index contributed by atoms with van der Waals surface area (Å²) >= 11 is 1.57. The van der Waals surface area contributed by atoms with Crippen molar-refractivity contribution in [1.29, 1.82) is 0 Å². The molecule has 0 aromatic heterocycles. The van der Waals surface area contributed by atoms with Crippen LogP contribution in [0.2, 0.25) is 0 Å². The molecule has 0 spiro atoms. The molecule has 2 aromatic rings. The van der Waals surface area contributed by atoms with E-state index < -0.39 is 12.0 Å². The summed E-state index contributed by atoms with van der Waals surface area (Å²) in [5, 5.41) is 12.5. The molecule has 1 aliphatic carbocycles. The van der Waals surface area contributed by atoms with Crippen molar-refractivity contribution in [1.82, 2.24) is 10.2 Å². The van der Waals surface area contributed by atoms with Crippen molar-refractivity contribution in [2.24, 2.45) is 11.8 Å². The fourth-order valence-electron chi connectivity index (χ4n) is 6.43. The number of carboxylic acids is 1. The highest BCUT2D eigenvalue weighted by Crippen LogP contribution is 2.32. The van der Waals surface area contributed by atoms with E-state index in [9.17, 15) is 14.7 Å². The van der Waals surface area contributed by atoms with Crippen molar-refractivity contribution in [3.63, 3.8) is 0 Å². The number of nitrogens with zero attached hydrogens (tertiary/aromatic N) is 1. The normalized spacial score (nSPS) is 19.7. The van der Waals surface area contributed by atoms with Gasteiger partial charge in [0.05, 0.1) is 6.61 Å². The monoisotopic (exact) mass is 624 g/mol. The van der Waals surface area contributed by atoms with E-state index in [0.29, 0.717) is 29.7 Å². The zero-order valence-corrected chi connectivity index (χ0v) is 28.6. The van der Waals surface area contributed by atoms with Gasteiger partial charge in [0.25, 0.3) is 5.91 Å². The molecule has 1 amide bonds. The third-order valence-electron chi connectivity index (χ3n) is 8.94. The SMILES string of the molecule is CCC.CCC1C[C@@H](COCC2CCCCC2)N(Cc2ccc(C(=O)NC(CCSC)C(=O)O)c(-c3ccccc3C)c2)C1. The molecule has 1 saturated heterocycles. The van der Waals surface area contributed by atoms with Crippen LogP contribution in [0.5, 0.6) is 0 Å². The summed E-state index contributed by atoms with van der Waals surface area (Å²) in [5.41, 5.74) is 4.60. The molecule has 3 atom stereocenters. The molecule has 0 bridgehead atoms. The lowest BCUT2D eigenvalue weighted by Gasteiger charge is -2.27. The summed E-state index contributed by atoms with van der Waals surface area (Å²) in [6.07, 6.45) is 12.6. The summed E-state index contributed by atoms with van der Waals surface area (Å²) in [7, 11) is 0. The van der Waals surface area contributed by atoms with Crippen LogP contribution in [0.1, 0.15) is 100 Å². The van der Waals surface area contributed by atoms with Gasteiger partial charge in [-0.3, -0.25) is 9.69 Å². The number of rotatable bonds is 14. The molecule has 7 heteroatoms. The molecule has 44 heavy (non-hydrogen) atoms. The van der Waals surface area contributed by atoms with Crippen LogP contribution in [0.4, 0.5) is 0 Å². The van der Waals surface area contributed by atoms with Crippen molar-refractivity contribution in [2.45, 2.75) is 104 Å². The van der Waals surface area contributed by atoms with Crippen LogP contribution in [0.15, 0.2) is 42.5 Å². The number of amides is 1. The molecule has 4 rings (SSSR count). The smallest absolute Gasteiger partial charge is 0.326 e. The van der Waals surface area contributed by atoms with Gasteiger partial charge in [0.15, 0.2) is 0 Å². The number of hydrogen-bond acceptors (Lipinski definition) is 5. The molecular weight excluding hydrogens is 568 g/mol. The van der Waals surface area contributed by atoms with Crippen molar-refractivity contribution in [2.75, 3.05) is 31.8 Å². The molecule has 2 aromatic carbocycles. The third kappa shape index (κ3) is 10.9. The molecule has 1 aliphatic heterocycles. The second-order valence-corrected chi connectivity index (χ2v) is 13.7. The summed E-state index contributed by atoms with van der Waals surface area (Å²) in [4.78, 5) is 27.9. The highest BCUT2D eigenvalue weighted by atomic mass is 32.2. The maximum Gasteiger partial charge on any atom is 0.326 e. The quantitative estimate of drug-likeness (QED) is 0.221. The van der Waals surface area contributed by atoms with Gasteiger partial charge >= 0.3 is 5.97 Å². The van der Waals surface area contributed by atoms with Gasteiger partial charge in [-0.2, -0.15) is 11.8 Å². The Labute approximate surface area is 270 Å². The van der Waals surface area contributed by atoms with Gasteiger partial charge in [0.2, 0.25) is 0 Å². The molecule has 1 saturated carbocycles. The largest absolute Gasteiger partial charge is 0.480 e. The molecule has 0 radical (unpaired) electrons. The summed E-state index contributed by atoms with van der Waals surface area (Å²) in [6.45, 7) is 12.1. The van der Waals surface area contributed by atoms with Gasteiger partial charge in [0, 0.05) is 31.3 Å². The van der Waals surface area contributed by atoms with E-state index in [0.717, 1.165) is 54.5 Å². The van der Waals surface area contributed by atoms with Crippen LogP contribution in [-0.4, -0.2) is 65.7 Å². The van der Waals surface area contributed by atoms with E-state index >= 15 is 0 Å². The van der Waals surface area contributed by atoms with E-state index in [1.54, 1.807) is 11.8 Å². The van der Waals surface area contributed by atoms with Crippen LogP contribution in [0.25, 0.3) is 11.1 Å². The zero-order valence-electron chi connectivity index (χ0n) is 27.8. The molecule has 1 heterocycles. The predicted octanol–water partition coefficient (Wildman–Crippen LogP) is 8.21. The van der Waals surface area contributed by atoms with Crippen LogP contribution in [0.3, 0.4) is 0 Å². The lowest BCUT2D eigenvalue weighted by Crippen LogP contribution is -2.41. The Hall–Kier alpha value is -2.35. The average molecular weight is 625 g/mol. The molecule has 2 fully saturated rings. The maximum absolute atomic E-state index is 13.5. The van der Waals surface area contributed by atoms with Gasteiger partial charge in [-0.15, -0.1) is 0 Å². The first-order valence-corrected chi connectivity index (χ1v) is 18.2. The number of aryl methyl sites for hydroxylation is 1. The van der Waals surface area contributed by atoms with E-state index in [2.05, 4.69) is 37.1 Å². The standard InChI is InChI=1S/C34H48N2O4S.C3H8/c1-4-25-18-28(23-40-22-26-11-6-5-7-12-26)36(20-25)21-27-14-15-30(31(19-27)29-13-9-8-10-24(29)2)33(37)35-32(34(38)39)16-17-41-3;1-3-2/h8-10,13-15,19,25-26,28,32H,4-7,11-12,16-18,20-23H2,1-3H3,(H,35,37)(H,38,39);3H2,1-2H3/t25?,28-,32?;/m0./s1. The van der Waals surface area contributed by atoms with Crippen LogP contribution in [0, 0.1) is 18.8 Å². The lowest BCUT2D eigenvalue weighted by atomic mass is 9.90. The number of thioether (sulfide) groups is 1. The number of carbonyl (C=O) groups excluding carboxylic acids is 1. The minimum Gasteiger partial charge on any atom is -0.480 e. The summed E-state index contributed by atoms with van der Waals surface area (Å²) in [6, 6.07) is 13.6. The van der Waals surface area contributed by atoms with Gasteiger partial charge in [-0.25, -0.2) is 4.79 Å². The number of aliphatic carboxylic acids is 1. The molecule has 6 nitrogen and oxygen atoms in total. The Balaban J connectivity index is 0.00000169. The Bertz CT molecular complexity index is 1170. The van der Waals surface area contributed by atoms with E-state index in [1.165, 1.54) is 51.4 Å². The van der Waals surface area contributed by atoms with Crippen molar-refractivity contribution in [3.8, 4) is 11.1 Å². The minimum atomic E-state index is -1.00. The summed E-state index contributed by atoms with van der Waals surface area (Å²) in [5.74, 6) is 0.717. The van der Waals surface area contributed by atoms with Crippen molar-refractivity contribution in [3.05, 3.63) is 59.2 Å². The number of nitrogens with one attached hydrogen (secondary N) is 1. The second-order valence-electron chi connectivity index (χ2n) is 12.7. The molecule has 244 valence electrons. The Morgan fingerprint density at radius 2 is 1.75 bits per heavy atom. The fraction of sp³-hybridized carbons (Fsp3) is 0.622. The number of carbonyl (C=O) groups is 2. The fourth-order valence-corrected chi connectivity index (χ4v) is 6.90. The number of carboxylic acid groups (broad SMARTS) is 1. The Kier molecular flexibility index (Phi) is 15.8. The van der Waals surface area contributed by atoms with Gasteiger partial charge in [0.1, 0.15) is 6.04 Å². The van der Waals surface area contributed by atoms with Gasteiger partial charge < -0.3 is 15.2 Å². The average Bonchev–Trinajstić information content (AvgIpc) is 3.41. The van der Waals surface area contributed by atoms with Gasteiger partial charge in [-0.05, 0) is 90.8 Å². The predicted molar refractivity (Wildman–Crippen MR) is 184 cm³/mol. The Morgan fingerprint density at radius 1 is 1.02 bits per heavy atom. The molecule has 2 aliphatic rings. The number of hydrogen-bond donors (Lipinski definition) is 2. The first-order valence-electron chi connectivity index (χ1n) is 16.8. The topological polar surface area (TPSA) is 78.9 Å². The van der Waals surface area contributed by atoms with Crippen LogP contribution >= 0.6 is 11.8 Å². The molecule has 2 N–H and O–H groups in total. The van der Waals surface area contributed by atoms with Crippen LogP contribution in [-0.2, 0) is 16.1 Å². The maximum atomic E-state index is 13.5. The first-order chi connectivity index (χ1) is 21.3. The van der Waals surface area contributed by atoms with Gasteiger partial charge in [-0.1, -0.05) is 83.2 Å². The van der Waals surface area contributed by atoms with Crippen molar-refractivity contribution < 1.29 is 19.4 Å². The van der Waals surface area contributed by atoms with Crippen molar-refractivity contribution >= 4 is 23.6 Å². The molecular formula is C37H56N2O4S. The van der Waals surface area contributed by atoms with E-state index in [1.807, 2.05) is 49.6 Å². The lowest BCUT2D eigenvalue weighted by molar-refractivity contribution is -0.139. The van der Waals surface area contributed by atoms with E-state index in [4.69, 9.17) is 4.74 Å². The second kappa shape index (κ2) is 19.2. The molecule has 2 unspecified atom stereocenters. The minimum absolute atomic E-state index is 0.343. The highest BCUT2D eigenvalue weighted by molar-refractivity contribution is 7.98.